The highest BCUT2D eigenvalue weighted by Gasteiger charge is 2.73. The summed E-state index contributed by atoms with van der Waals surface area (Å²) in [5, 5.41) is 17.0. The van der Waals surface area contributed by atoms with Crippen LogP contribution in [0.2, 0.25) is 5.21 Å². The lowest BCUT2D eigenvalue weighted by Gasteiger charge is -2.43. The molecule has 1 atom stereocenters. The summed E-state index contributed by atoms with van der Waals surface area (Å²) in [6, 6.07) is 1.56. The summed E-state index contributed by atoms with van der Waals surface area (Å²) in [5.41, 5.74) is -3.88. The van der Waals surface area contributed by atoms with Gasteiger partial charge in [0.2, 0.25) is 0 Å². The smallest absolute Gasteiger partial charge is 0.385 e. The third-order valence-corrected chi connectivity index (χ3v) is 3.92. The lowest BCUT2D eigenvalue weighted by atomic mass is 9.35. The molecule has 1 saturated carbocycles. The van der Waals surface area contributed by atoms with Gasteiger partial charge in [-0.2, -0.15) is 18.4 Å². The summed E-state index contributed by atoms with van der Waals surface area (Å²) in [5.74, 6) is 0. The largest absolute Gasteiger partial charge is 0.393 e. The Morgan fingerprint density at radius 1 is 1.20 bits per heavy atom. The van der Waals surface area contributed by atoms with Gasteiger partial charge in [-0.25, -0.2) is 0 Å². The average Bonchev–Trinajstić information content (AvgIpc) is 2.81. The van der Waals surface area contributed by atoms with Crippen LogP contribution in [0.1, 0.15) is 12.8 Å². The molecule has 0 spiro atoms. The minimum Gasteiger partial charge on any atom is -0.385 e. The third-order valence-electron chi connectivity index (χ3n) is 3.92. The molecule has 1 fully saturated rings. The second kappa shape index (κ2) is 2.97. The molecule has 0 aromatic rings. The van der Waals surface area contributed by atoms with E-state index in [4.69, 9.17) is 5.26 Å². The minimum atomic E-state index is -4.36. The van der Waals surface area contributed by atoms with Crippen molar-refractivity contribution in [1.82, 2.24) is 0 Å². The van der Waals surface area contributed by atoms with Crippen molar-refractivity contribution in [3.63, 3.8) is 0 Å². The van der Waals surface area contributed by atoms with Crippen molar-refractivity contribution in [2.24, 2.45) is 5.41 Å². The molecule has 2 nitrogen and oxygen atoms in total. The Balaban J connectivity index is 3.14. The van der Waals surface area contributed by atoms with Crippen LogP contribution in [-0.2, 0) is 0 Å². The highest BCUT2D eigenvalue weighted by Crippen LogP contribution is 2.70. The van der Waals surface area contributed by atoms with E-state index in [2.05, 4.69) is 0 Å². The number of aliphatic hydroxyl groups is 1. The number of hydrogen-bond acceptors (Lipinski definition) is 2. The van der Waals surface area contributed by atoms with Crippen LogP contribution in [0.25, 0.3) is 0 Å². The van der Waals surface area contributed by atoms with Gasteiger partial charge in [-0.1, -0.05) is 0 Å². The predicted octanol–water partition coefficient (Wildman–Crippen LogP) is -1.44. The summed E-state index contributed by atoms with van der Waals surface area (Å²) in [4.78, 5) is 0. The number of hydrogen-bond donors (Lipinski definition) is 1. The van der Waals surface area contributed by atoms with E-state index in [1.807, 2.05) is 0 Å². The number of halogens is 3. The Hall–Kier alpha value is -0.565. The van der Waals surface area contributed by atoms with E-state index in [1.165, 1.54) is 15.7 Å². The van der Waals surface area contributed by atoms with Gasteiger partial charge in [0.1, 0.15) is 21.2 Å². The molecule has 1 unspecified atom stereocenters. The highest BCUT2D eigenvalue weighted by atomic mass is 19.4. The molecule has 0 aliphatic heterocycles. The predicted molar refractivity (Wildman–Crippen MR) is 56.6 cm³/mol. The third kappa shape index (κ3) is 1.48. The zero-order valence-electron chi connectivity index (χ0n) is 8.94. The Morgan fingerprint density at radius 2 is 1.60 bits per heavy atom. The van der Waals surface area contributed by atoms with Gasteiger partial charge in [0.05, 0.1) is 11.5 Å². The normalized spacial score (nSPS) is 23.9. The van der Waals surface area contributed by atoms with Crippen LogP contribution in [0.4, 0.5) is 13.2 Å². The molecule has 0 heterocycles. The quantitative estimate of drug-likeness (QED) is 0.452. The first kappa shape index (κ1) is 12.5. The molecule has 1 rings (SSSR count). The average molecular weight is 215 g/mol. The fourth-order valence-corrected chi connectivity index (χ4v) is 1.99. The maximum absolute atomic E-state index is 12.8. The molecular weight excluding hydrogens is 204 g/mol. The molecular formula is C7H11B3F3NO. The zero-order valence-corrected chi connectivity index (χ0v) is 8.94. The van der Waals surface area contributed by atoms with Gasteiger partial charge in [-0.3, -0.25) is 0 Å². The van der Waals surface area contributed by atoms with Gasteiger partial charge in [0.25, 0.3) is 0 Å². The molecule has 0 aromatic carbocycles. The van der Waals surface area contributed by atoms with E-state index in [-0.39, 0.29) is 12.8 Å². The van der Waals surface area contributed by atoms with E-state index in [9.17, 15) is 18.3 Å². The molecule has 8 heteroatoms. The fraction of sp³-hybridized carbons (Fsp3) is 0.857. The summed E-state index contributed by atoms with van der Waals surface area (Å²) in [7, 11) is 3.74. The molecule has 1 aliphatic carbocycles. The number of rotatable bonds is 2. The van der Waals surface area contributed by atoms with Gasteiger partial charge in [0.15, 0.2) is 7.85 Å². The second-order valence-electron chi connectivity index (χ2n) is 4.89. The SMILES string of the molecule is BC(O)(C#N)C(B)(B)C1(C(F)(F)F)CC1. The Labute approximate surface area is 89.1 Å². The van der Waals surface area contributed by atoms with E-state index < -0.39 is 22.3 Å². The summed E-state index contributed by atoms with van der Waals surface area (Å²) in [6.45, 7) is 0. The van der Waals surface area contributed by atoms with Gasteiger partial charge < -0.3 is 5.11 Å². The topological polar surface area (TPSA) is 44.0 Å². The lowest BCUT2D eigenvalue weighted by molar-refractivity contribution is -0.199. The van der Waals surface area contributed by atoms with E-state index in [0.717, 1.165) is 7.85 Å². The van der Waals surface area contributed by atoms with Crippen molar-refractivity contribution in [2.75, 3.05) is 0 Å². The van der Waals surface area contributed by atoms with E-state index >= 15 is 0 Å². The Kier molecular flexibility index (Phi) is 2.48. The van der Waals surface area contributed by atoms with Crippen molar-refractivity contribution in [1.29, 1.82) is 5.26 Å². The molecule has 1 N–H and O–H groups in total. The molecule has 0 amide bonds. The van der Waals surface area contributed by atoms with Crippen molar-refractivity contribution in [3.05, 3.63) is 0 Å². The van der Waals surface area contributed by atoms with Gasteiger partial charge in [0, 0.05) is 0 Å². The molecule has 0 aromatic heterocycles. The molecule has 80 valence electrons. The van der Waals surface area contributed by atoms with E-state index in [0.29, 0.717) is 0 Å². The monoisotopic (exact) mass is 215 g/mol. The maximum Gasteiger partial charge on any atom is 0.393 e. The van der Waals surface area contributed by atoms with Gasteiger partial charge >= 0.3 is 6.18 Å². The first-order valence-electron chi connectivity index (χ1n) is 4.72. The minimum absolute atomic E-state index is 0.0126. The number of alkyl halides is 3. The van der Waals surface area contributed by atoms with Crippen molar-refractivity contribution >= 4 is 23.5 Å². The van der Waals surface area contributed by atoms with Gasteiger partial charge in [-0.05, 0) is 18.1 Å². The lowest BCUT2D eigenvalue weighted by Crippen LogP contribution is -2.53. The van der Waals surface area contributed by atoms with Crippen LogP contribution in [0.5, 0.6) is 0 Å². The molecule has 0 bridgehead atoms. The van der Waals surface area contributed by atoms with Crippen LogP contribution < -0.4 is 0 Å². The Morgan fingerprint density at radius 3 is 1.80 bits per heavy atom. The van der Waals surface area contributed by atoms with Crippen molar-refractivity contribution in [2.45, 2.75) is 29.7 Å². The highest BCUT2D eigenvalue weighted by molar-refractivity contribution is 6.46. The zero-order chi connectivity index (χ0) is 12.1. The van der Waals surface area contributed by atoms with Crippen LogP contribution in [-0.4, -0.2) is 40.3 Å². The van der Waals surface area contributed by atoms with Crippen molar-refractivity contribution in [3.8, 4) is 6.07 Å². The molecule has 0 saturated heterocycles. The van der Waals surface area contributed by atoms with Crippen LogP contribution in [0.3, 0.4) is 0 Å². The number of nitriles is 1. The Bertz CT molecular complexity index is 316. The standard InChI is InChI=1S/C7H11B3F3NO/c8-5(15,3-14)6(9,10)4(1-2-4)7(11,12)13/h15H,1-2,8-10H2. The molecule has 15 heavy (non-hydrogen) atoms. The maximum atomic E-state index is 12.8. The summed E-state index contributed by atoms with van der Waals surface area (Å²) in [6.07, 6.45) is -4.39. The van der Waals surface area contributed by atoms with Crippen LogP contribution in [0, 0.1) is 16.7 Å². The number of nitrogens with zero attached hydrogens (tertiary/aromatic N) is 1. The summed E-state index contributed by atoms with van der Waals surface area (Å²) >= 11 is 0. The van der Waals surface area contributed by atoms with Crippen LogP contribution in [0.15, 0.2) is 0 Å². The van der Waals surface area contributed by atoms with Crippen molar-refractivity contribution < 1.29 is 18.3 Å². The fourth-order valence-electron chi connectivity index (χ4n) is 1.99. The first-order valence-corrected chi connectivity index (χ1v) is 4.72. The first-order chi connectivity index (χ1) is 6.52. The molecule has 0 radical (unpaired) electrons. The second-order valence-corrected chi connectivity index (χ2v) is 4.89. The summed E-state index contributed by atoms with van der Waals surface area (Å²) < 4.78 is 38.5. The van der Waals surface area contributed by atoms with E-state index in [1.54, 1.807) is 6.07 Å². The molecule has 1 aliphatic rings. The van der Waals surface area contributed by atoms with Gasteiger partial charge in [-0.15, -0.1) is 0 Å². The van der Waals surface area contributed by atoms with Crippen LogP contribution >= 0.6 is 0 Å².